The third kappa shape index (κ3) is 2.71. The SMILES string of the molecule is CC(Cc1ncnn1C)C(N)c1ccccc1. The van der Waals surface area contributed by atoms with Gasteiger partial charge >= 0.3 is 0 Å². The Balaban J connectivity index is 2.06. The predicted octanol–water partition coefficient (Wildman–Crippen LogP) is 1.69. The highest BCUT2D eigenvalue weighted by Gasteiger charge is 2.17. The zero-order chi connectivity index (χ0) is 12.3. The van der Waals surface area contributed by atoms with E-state index < -0.39 is 0 Å². The summed E-state index contributed by atoms with van der Waals surface area (Å²) in [6, 6.07) is 10.2. The summed E-state index contributed by atoms with van der Waals surface area (Å²) in [4.78, 5) is 4.23. The van der Waals surface area contributed by atoms with Crippen LogP contribution in [0, 0.1) is 5.92 Å². The van der Waals surface area contributed by atoms with Gasteiger partial charge in [0.15, 0.2) is 0 Å². The van der Waals surface area contributed by atoms with E-state index in [1.165, 1.54) is 5.56 Å². The summed E-state index contributed by atoms with van der Waals surface area (Å²) >= 11 is 0. The lowest BCUT2D eigenvalue weighted by Crippen LogP contribution is -2.22. The fourth-order valence-electron chi connectivity index (χ4n) is 1.92. The van der Waals surface area contributed by atoms with Gasteiger partial charge in [-0.15, -0.1) is 0 Å². The zero-order valence-electron chi connectivity index (χ0n) is 10.2. The van der Waals surface area contributed by atoms with Crippen LogP contribution in [0.3, 0.4) is 0 Å². The molecule has 2 N–H and O–H groups in total. The molecule has 90 valence electrons. The van der Waals surface area contributed by atoms with Crippen LogP contribution in [-0.4, -0.2) is 14.8 Å². The molecule has 2 atom stereocenters. The number of aromatic nitrogens is 3. The van der Waals surface area contributed by atoms with Crippen LogP contribution >= 0.6 is 0 Å². The number of aryl methyl sites for hydroxylation is 1. The normalized spacial score (nSPS) is 14.5. The van der Waals surface area contributed by atoms with Crippen LogP contribution in [-0.2, 0) is 13.5 Å². The molecule has 2 rings (SSSR count). The molecule has 0 amide bonds. The molecule has 0 aliphatic rings. The summed E-state index contributed by atoms with van der Waals surface area (Å²) in [5.41, 5.74) is 7.42. The first kappa shape index (κ1) is 11.8. The Morgan fingerprint density at radius 1 is 1.29 bits per heavy atom. The first-order chi connectivity index (χ1) is 8.18. The molecule has 2 aromatic rings. The van der Waals surface area contributed by atoms with Gasteiger partial charge in [0.25, 0.3) is 0 Å². The number of nitrogens with zero attached hydrogens (tertiary/aromatic N) is 3. The Morgan fingerprint density at radius 3 is 2.59 bits per heavy atom. The van der Waals surface area contributed by atoms with Gasteiger partial charge in [-0.25, -0.2) is 4.98 Å². The molecule has 17 heavy (non-hydrogen) atoms. The van der Waals surface area contributed by atoms with Crippen molar-refractivity contribution in [3.05, 3.63) is 48.0 Å². The lowest BCUT2D eigenvalue weighted by atomic mass is 9.92. The molecule has 1 heterocycles. The van der Waals surface area contributed by atoms with E-state index >= 15 is 0 Å². The second-order valence-electron chi connectivity index (χ2n) is 4.42. The molecule has 4 nitrogen and oxygen atoms in total. The molecule has 1 aromatic heterocycles. The molecule has 0 aliphatic carbocycles. The van der Waals surface area contributed by atoms with E-state index in [1.54, 1.807) is 11.0 Å². The number of nitrogens with two attached hydrogens (primary N) is 1. The van der Waals surface area contributed by atoms with E-state index in [2.05, 4.69) is 29.1 Å². The Labute approximate surface area is 101 Å². The lowest BCUT2D eigenvalue weighted by molar-refractivity contribution is 0.449. The van der Waals surface area contributed by atoms with Crippen LogP contribution in [0.5, 0.6) is 0 Å². The minimum Gasteiger partial charge on any atom is -0.324 e. The fourth-order valence-corrected chi connectivity index (χ4v) is 1.92. The standard InChI is InChI=1S/C13H18N4/c1-10(8-12-15-9-16-17(12)2)13(14)11-6-4-3-5-7-11/h3-7,9-10,13H,8,14H2,1-2H3. The van der Waals surface area contributed by atoms with Crippen molar-refractivity contribution in [2.75, 3.05) is 0 Å². The minimum absolute atomic E-state index is 0.0351. The summed E-state index contributed by atoms with van der Waals surface area (Å²) < 4.78 is 1.80. The van der Waals surface area contributed by atoms with Gasteiger partial charge in [0.1, 0.15) is 12.2 Å². The molecule has 1 aromatic carbocycles. The van der Waals surface area contributed by atoms with Crippen molar-refractivity contribution in [1.82, 2.24) is 14.8 Å². The van der Waals surface area contributed by atoms with Crippen LogP contribution in [0.15, 0.2) is 36.7 Å². The van der Waals surface area contributed by atoms with Crippen LogP contribution in [0.1, 0.15) is 24.4 Å². The Bertz CT molecular complexity index is 463. The molecule has 0 saturated carbocycles. The van der Waals surface area contributed by atoms with Gasteiger partial charge < -0.3 is 5.73 Å². The summed E-state index contributed by atoms with van der Waals surface area (Å²) in [6.07, 6.45) is 2.42. The van der Waals surface area contributed by atoms with Crippen molar-refractivity contribution in [2.24, 2.45) is 18.7 Å². The maximum atomic E-state index is 6.25. The van der Waals surface area contributed by atoms with Crippen molar-refractivity contribution in [3.8, 4) is 0 Å². The second kappa shape index (κ2) is 5.10. The van der Waals surface area contributed by atoms with Crippen LogP contribution in [0.2, 0.25) is 0 Å². The Hall–Kier alpha value is -1.68. The van der Waals surface area contributed by atoms with Gasteiger partial charge in [-0.2, -0.15) is 5.10 Å². The van der Waals surface area contributed by atoms with Crippen molar-refractivity contribution < 1.29 is 0 Å². The maximum Gasteiger partial charge on any atom is 0.138 e. The summed E-state index contributed by atoms with van der Waals surface area (Å²) in [7, 11) is 1.91. The third-order valence-corrected chi connectivity index (χ3v) is 3.11. The highest BCUT2D eigenvalue weighted by molar-refractivity contribution is 5.19. The molecule has 0 radical (unpaired) electrons. The monoisotopic (exact) mass is 230 g/mol. The topological polar surface area (TPSA) is 56.7 Å². The number of benzene rings is 1. The Morgan fingerprint density at radius 2 is 2.00 bits per heavy atom. The molecule has 0 aliphatic heterocycles. The summed E-state index contributed by atoms with van der Waals surface area (Å²) in [5, 5.41) is 4.07. The van der Waals surface area contributed by atoms with Crippen molar-refractivity contribution in [2.45, 2.75) is 19.4 Å². The number of rotatable bonds is 4. The van der Waals surface area contributed by atoms with Gasteiger partial charge in [-0.1, -0.05) is 37.3 Å². The van der Waals surface area contributed by atoms with E-state index in [9.17, 15) is 0 Å². The van der Waals surface area contributed by atoms with Gasteiger partial charge in [0, 0.05) is 19.5 Å². The summed E-state index contributed by atoms with van der Waals surface area (Å²) in [6.45, 7) is 2.15. The number of hydrogen-bond donors (Lipinski definition) is 1. The van der Waals surface area contributed by atoms with Crippen LogP contribution in [0.25, 0.3) is 0 Å². The first-order valence-electron chi connectivity index (χ1n) is 5.82. The fraction of sp³-hybridized carbons (Fsp3) is 0.385. The first-order valence-corrected chi connectivity index (χ1v) is 5.82. The minimum atomic E-state index is 0.0351. The van der Waals surface area contributed by atoms with E-state index in [4.69, 9.17) is 5.73 Å². The maximum absolute atomic E-state index is 6.25. The van der Waals surface area contributed by atoms with Crippen molar-refractivity contribution >= 4 is 0 Å². The van der Waals surface area contributed by atoms with Gasteiger partial charge in [0.2, 0.25) is 0 Å². The average Bonchev–Trinajstić information content (AvgIpc) is 2.75. The highest BCUT2D eigenvalue weighted by atomic mass is 15.3. The predicted molar refractivity (Wildman–Crippen MR) is 67.2 cm³/mol. The number of hydrogen-bond acceptors (Lipinski definition) is 3. The molecule has 0 saturated heterocycles. The second-order valence-corrected chi connectivity index (χ2v) is 4.42. The molecule has 0 fully saturated rings. The summed E-state index contributed by atoms with van der Waals surface area (Å²) in [5.74, 6) is 1.31. The van der Waals surface area contributed by atoms with E-state index in [-0.39, 0.29) is 6.04 Å². The van der Waals surface area contributed by atoms with Crippen LogP contribution in [0.4, 0.5) is 0 Å². The van der Waals surface area contributed by atoms with Crippen molar-refractivity contribution in [1.29, 1.82) is 0 Å². The molecule has 4 heteroatoms. The van der Waals surface area contributed by atoms with Crippen molar-refractivity contribution in [3.63, 3.8) is 0 Å². The van der Waals surface area contributed by atoms with E-state index in [1.807, 2.05) is 25.2 Å². The van der Waals surface area contributed by atoms with E-state index in [0.717, 1.165) is 12.2 Å². The average molecular weight is 230 g/mol. The van der Waals surface area contributed by atoms with Gasteiger partial charge in [-0.05, 0) is 11.5 Å². The zero-order valence-corrected chi connectivity index (χ0v) is 10.2. The van der Waals surface area contributed by atoms with Gasteiger partial charge in [-0.3, -0.25) is 4.68 Å². The molecule has 2 unspecified atom stereocenters. The largest absolute Gasteiger partial charge is 0.324 e. The Kier molecular flexibility index (Phi) is 3.54. The molecular weight excluding hydrogens is 212 g/mol. The smallest absolute Gasteiger partial charge is 0.138 e. The molecule has 0 spiro atoms. The van der Waals surface area contributed by atoms with Crippen LogP contribution < -0.4 is 5.73 Å². The lowest BCUT2D eigenvalue weighted by Gasteiger charge is -2.19. The molecule has 0 bridgehead atoms. The van der Waals surface area contributed by atoms with Gasteiger partial charge in [0.05, 0.1) is 0 Å². The van der Waals surface area contributed by atoms with E-state index in [0.29, 0.717) is 5.92 Å². The third-order valence-electron chi connectivity index (χ3n) is 3.11. The highest BCUT2D eigenvalue weighted by Crippen LogP contribution is 2.21. The quantitative estimate of drug-likeness (QED) is 0.869. The molecular formula is C13H18N4.